The van der Waals surface area contributed by atoms with Gasteiger partial charge in [-0.25, -0.2) is 0 Å². The van der Waals surface area contributed by atoms with Crippen molar-refractivity contribution in [3.63, 3.8) is 0 Å². The van der Waals surface area contributed by atoms with Crippen LogP contribution in [0.2, 0.25) is 0 Å². The predicted molar refractivity (Wildman–Crippen MR) is 63.2 cm³/mol. The van der Waals surface area contributed by atoms with Crippen LogP contribution in [0.4, 0.5) is 0 Å². The average Bonchev–Trinajstić information content (AvgIpc) is 2.65. The largest absolute Gasteiger partial charge is 0.392 e. The minimum atomic E-state index is 0.0370. The number of thiocarbonyl (C=S) groups is 1. The Morgan fingerprint density at radius 3 is 2.57 bits per heavy atom. The van der Waals surface area contributed by atoms with Gasteiger partial charge in [0.15, 0.2) is 0 Å². The van der Waals surface area contributed by atoms with Gasteiger partial charge in [0, 0.05) is 11.9 Å². The lowest BCUT2D eigenvalue weighted by atomic mass is 10.2. The summed E-state index contributed by atoms with van der Waals surface area (Å²) in [5.41, 5.74) is 6.82. The Morgan fingerprint density at radius 1 is 1.57 bits per heavy atom. The van der Waals surface area contributed by atoms with Gasteiger partial charge in [-0.3, -0.25) is 4.90 Å². The third-order valence-corrected chi connectivity index (χ3v) is 2.59. The first kappa shape index (κ1) is 11.2. The zero-order chi connectivity index (χ0) is 10.6. The maximum Gasteiger partial charge on any atom is 0.101 e. The highest BCUT2D eigenvalue weighted by Gasteiger charge is 2.20. The van der Waals surface area contributed by atoms with E-state index in [1.165, 1.54) is 0 Å². The van der Waals surface area contributed by atoms with Gasteiger partial charge in [-0.1, -0.05) is 26.1 Å². The lowest BCUT2D eigenvalue weighted by Crippen LogP contribution is -2.36. The second-order valence-electron chi connectivity index (χ2n) is 3.15. The van der Waals surface area contributed by atoms with E-state index in [0.29, 0.717) is 4.99 Å². The van der Waals surface area contributed by atoms with Gasteiger partial charge < -0.3 is 10.7 Å². The summed E-state index contributed by atoms with van der Waals surface area (Å²) in [5.74, 6) is 0. The molecule has 0 aromatic carbocycles. The van der Waals surface area contributed by atoms with Gasteiger partial charge in [0.1, 0.15) is 6.04 Å². The Bertz CT molecular complexity index is 278. The number of likely N-dealkylation sites (N-methyl/N-ethyl adjacent to an activating group) is 1. The highest BCUT2D eigenvalue weighted by molar-refractivity contribution is 7.80. The van der Waals surface area contributed by atoms with E-state index >= 15 is 0 Å². The number of nitrogens with two attached hydrogens (primary N) is 1. The molecule has 0 radical (unpaired) electrons. The number of aromatic amines is 1. The van der Waals surface area contributed by atoms with Crippen molar-refractivity contribution in [3.05, 3.63) is 24.0 Å². The maximum absolute atomic E-state index is 5.75. The van der Waals surface area contributed by atoms with E-state index in [-0.39, 0.29) is 6.04 Å². The van der Waals surface area contributed by atoms with Gasteiger partial charge >= 0.3 is 0 Å². The van der Waals surface area contributed by atoms with Crippen molar-refractivity contribution in [2.75, 3.05) is 13.1 Å². The van der Waals surface area contributed by atoms with E-state index < -0.39 is 0 Å². The predicted octanol–water partition coefficient (Wildman–Crippen LogP) is 1.68. The van der Waals surface area contributed by atoms with Crippen molar-refractivity contribution in [1.29, 1.82) is 0 Å². The van der Waals surface area contributed by atoms with E-state index in [1.54, 1.807) is 0 Å². The maximum atomic E-state index is 5.75. The molecule has 0 saturated carbocycles. The summed E-state index contributed by atoms with van der Waals surface area (Å²) in [7, 11) is 0. The van der Waals surface area contributed by atoms with Crippen LogP contribution in [0.3, 0.4) is 0 Å². The molecule has 0 aliphatic rings. The van der Waals surface area contributed by atoms with Gasteiger partial charge in [0.2, 0.25) is 0 Å². The van der Waals surface area contributed by atoms with E-state index in [9.17, 15) is 0 Å². The lowest BCUT2D eigenvalue weighted by Gasteiger charge is -2.27. The number of hydrogen-bond acceptors (Lipinski definition) is 2. The summed E-state index contributed by atoms with van der Waals surface area (Å²) in [6.07, 6.45) is 1.89. The number of nitrogens with zero attached hydrogens (tertiary/aromatic N) is 1. The van der Waals surface area contributed by atoms with Gasteiger partial charge in [-0.15, -0.1) is 0 Å². The van der Waals surface area contributed by atoms with Crippen molar-refractivity contribution in [2.45, 2.75) is 19.9 Å². The van der Waals surface area contributed by atoms with Gasteiger partial charge in [-0.2, -0.15) is 0 Å². The Morgan fingerprint density at radius 2 is 2.21 bits per heavy atom. The number of H-pyrrole nitrogens is 1. The SMILES string of the molecule is CCN(CC)C(C(N)=S)c1ccc[nH]1. The van der Waals surface area contributed by atoms with Gasteiger partial charge in [0.05, 0.1) is 4.99 Å². The molecule has 1 rings (SSSR count). The molecule has 0 aliphatic carbocycles. The van der Waals surface area contributed by atoms with Crippen molar-refractivity contribution in [1.82, 2.24) is 9.88 Å². The van der Waals surface area contributed by atoms with Crippen LogP contribution >= 0.6 is 12.2 Å². The van der Waals surface area contributed by atoms with Crippen molar-refractivity contribution in [3.8, 4) is 0 Å². The molecule has 1 atom stereocenters. The average molecular weight is 211 g/mol. The normalized spacial score (nSPS) is 13.1. The smallest absolute Gasteiger partial charge is 0.101 e. The molecule has 0 saturated heterocycles. The van der Waals surface area contributed by atoms with Crippen LogP contribution in [0.5, 0.6) is 0 Å². The molecule has 0 amide bonds. The molecule has 14 heavy (non-hydrogen) atoms. The molecule has 0 bridgehead atoms. The molecular weight excluding hydrogens is 194 g/mol. The second kappa shape index (κ2) is 5.12. The van der Waals surface area contributed by atoms with Gasteiger partial charge in [-0.05, 0) is 25.2 Å². The Hall–Kier alpha value is -0.870. The molecule has 1 heterocycles. The van der Waals surface area contributed by atoms with Crippen LogP contribution < -0.4 is 5.73 Å². The highest BCUT2D eigenvalue weighted by atomic mass is 32.1. The molecule has 1 unspecified atom stereocenters. The Labute approximate surface area is 90.3 Å². The van der Waals surface area contributed by atoms with Crippen LogP contribution in [-0.2, 0) is 0 Å². The number of aromatic nitrogens is 1. The summed E-state index contributed by atoms with van der Waals surface area (Å²) < 4.78 is 0. The first-order valence-corrected chi connectivity index (χ1v) is 5.28. The minimum absolute atomic E-state index is 0.0370. The molecule has 3 N–H and O–H groups in total. The van der Waals surface area contributed by atoms with Crippen LogP contribution in [0.25, 0.3) is 0 Å². The fourth-order valence-electron chi connectivity index (χ4n) is 1.63. The quantitative estimate of drug-likeness (QED) is 0.728. The van der Waals surface area contributed by atoms with E-state index in [1.807, 2.05) is 18.3 Å². The third kappa shape index (κ3) is 2.33. The zero-order valence-electron chi connectivity index (χ0n) is 8.66. The summed E-state index contributed by atoms with van der Waals surface area (Å²) in [6, 6.07) is 4.02. The van der Waals surface area contributed by atoms with Crippen LogP contribution in [0, 0.1) is 0 Å². The first-order chi connectivity index (χ1) is 6.70. The van der Waals surface area contributed by atoms with Crippen molar-refractivity contribution >= 4 is 17.2 Å². The minimum Gasteiger partial charge on any atom is -0.392 e. The molecule has 0 aliphatic heterocycles. The molecule has 0 spiro atoms. The third-order valence-electron chi connectivity index (χ3n) is 2.36. The summed E-state index contributed by atoms with van der Waals surface area (Å²) in [6.45, 7) is 6.10. The molecule has 3 nitrogen and oxygen atoms in total. The van der Waals surface area contributed by atoms with Crippen molar-refractivity contribution < 1.29 is 0 Å². The molecule has 4 heteroatoms. The molecule has 78 valence electrons. The highest BCUT2D eigenvalue weighted by Crippen LogP contribution is 2.18. The monoisotopic (exact) mass is 211 g/mol. The molecule has 1 aromatic rings. The number of rotatable bonds is 5. The molecule has 1 aromatic heterocycles. The second-order valence-corrected chi connectivity index (χ2v) is 3.62. The van der Waals surface area contributed by atoms with Crippen LogP contribution in [0.15, 0.2) is 18.3 Å². The summed E-state index contributed by atoms with van der Waals surface area (Å²) >= 11 is 5.09. The van der Waals surface area contributed by atoms with Crippen molar-refractivity contribution in [2.24, 2.45) is 5.73 Å². The fourth-order valence-corrected chi connectivity index (χ4v) is 1.91. The van der Waals surface area contributed by atoms with Crippen LogP contribution in [0.1, 0.15) is 25.6 Å². The lowest BCUT2D eigenvalue weighted by molar-refractivity contribution is 0.269. The van der Waals surface area contributed by atoms with E-state index in [2.05, 4.69) is 23.7 Å². The number of nitrogens with one attached hydrogen (secondary N) is 1. The Kier molecular flexibility index (Phi) is 4.10. The topological polar surface area (TPSA) is 45.0 Å². The molecule has 0 fully saturated rings. The van der Waals surface area contributed by atoms with E-state index in [4.69, 9.17) is 18.0 Å². The fraction of sp³-hybridized carbons (Fsp3) is 0.500. The summed E-state index contributed by atoms with van der Waals surface area (Å²) in [4.78, 5) is 5.91. The molecular formula is C10H17N3S. The van der Waals surface area contributed by atoms with Gasteiger partial charge in [0.25, 0.3) is 0 Å². The van der Waals surface area contributed by atoms with Crippen LogP contribution in [-0.4, -0.2) is 28.0 Å². The summed E-state index contributed by atoms with van der Waals surface area (Å²) in [5, 5.41) is 0. The Balaban J connectivity index is 2.89. The standard InChI is InChI=1S/C10H17N3S/c1-3-13(4-2)9(10(11)14)8-6-5-7-12-8/h5-7,9,12H,3-4H2,1-2H3,(H2,11,14). The number of hydrogen-bond donors (Lipinski definition) is 2. The van der Waals surface area contributed by atoms with E-state index in [0.717, 1.165) is 18.8 Å². The first-order valence-electron chi connectivity index (χ1n) is 4.87. The zero-order valence-corrected chi connectivity index (χ0v) is 9.47.